The van der Waals surface area contributed by atoms with Crippen molar-refractivity contribution in [2.75, 3.05) is 0 Å². The van der Waals surface area contributed by atoms with Crippen LogP contribution in [0.5, 0.6) is 0 Å². The molecule has 0 aromatic heterocycles. The van der Waals surface area contributed by atoms with Crippen LogP contribution in [0.4, 0.5) is 0 Å². The van der Waals surface area contributed by atoms with Crippen LogP contribution in [0.3, 0.4) is 0 Å². The zero-order chi connectivity index (χ0) is 3.58. The molecule has 41 valence electrons. The van der Waals surface area contributed by atoms with Crippen molar-refractivity contribution in [1.82, 2.24) is 0 Å². The van der Waals surface area contributed by atoms with Gasteiger partial charge in [0.05, 0.1) is 5.09 Å². The molecule has 2 N–H and O–H groups in total. The molecule has 0 unspecified atom stereocenters. The number of nitrogens with zero attached hydrogens (tertiary/aromatic N) is 1. The molecule has 0 aromatic carbocycles. The summed E-state index contributed by atoms with van der Waals surface area (Å²) in [7, 11) is 0. The molecule has 1 radical (unpaired) electrons. The van der Waals surface area contributed by atoms with Gasteiger partial charge in [-0.15, -0.1) is 0 Å². The molecule has 0 heterocycles. The molecule has 0 atom stereocenters. The van der Waals surface area contributed by atoms with Gasteiger partial charge in [0.15, 0.2) is 0 Å². The molecule has 0 aliphatic carbocycles. The van der Waals surface area contributed by atoms with E-state index in [1.165, 1.54) is 0 Å². The van der Waals surface area contributed by atoms with E-state index in [1.807, 2.05) is 0 Å². The molecule has 0 amide bonds. The largest absolute Gasteiger partial charge is 0.412 e. The Morgan fingerprint density at radius 3 is 1.33 bits per heavy atom. The van der Waals surface area contributed by atoms with E-state index in [0.29, 0.717) is 0 Å². The van der Waals surface area contributed by atoms with Crippen molar-refractivity contribution >= 4 is 0 Å². The Bertz CT molecular complexity index is 30.5. The third-order valence-electron chi connectivity index (χ3n) is 0. The number of rotatable bonds is 0. The monoisotopic (exact) mass is 239 g/mol. The van der Waals surface area contributed by atoms with Gasteiger partial charge < -0.3 is 20.8 Å². The number of hydrogen-bond acceptors (Lipinski definition) is 3. The zero-order valence-corrected chi connectivity index (χ0v) is 4.64. The first-order chi connectivity index (χ1) is 1.73. The summed E-state index contributed by atoms with van der Waals surface area (Å²) in [5, 5.41) is 14.8. The molecule has 0 fully saturated rings. The fourth-order valence-electron chi connectivity index (χ4n) is 0. The Morgan fingerprint density at radius 1 is 1.33 bits per heavy atom. The average molecular weight is 239 g/mol. The van der Waals surface area contributed by atoms with Gasteiger partial charge in [-0.2, -0.15) is 0 Å². The van der Waals surface area contributed by atoms with Gasteiger partial charge in [-0.25, -0.2) is 0 Å². The van der Waals surface area contributed by atoms with Crippen LogP contribution in [0.2, 0.25) is 0 Å². The summed E-state index contributed by atoms with van der Waals surface area (Å²) in [5.41, 5.74) is 0. The molecule has 5 nitrogen and oxygen atoms in total. The second kappa shape index (κ2) is 9.07. The van der Waals surface area contributed by atoms with Crippen molar-refractivity contribution in [3.8, 4) is 0 Å². The first kappa shape index (κ1) is 16.1. The molecule has 0 saturated carbocycles. The first-order valence-corrected chi connectivity index (χ1v) is 0.548. The van der Waals surface area contributed by atoms with E-state index in [4.69, 9.17) is 15.3 Å². The second-order valence-corrected chi connectivity index (χ2v) is 0.224. The van der Waals surface area contributed by atoms with Crippen LogP contribution in [-0.4, -0.2) is 10.6 Å². The van der Waals surface area contributed by atoms with Crippen LogP contribution < -0.4 is 0 Å². The van der Waals surface area contributed by atoms with Crippen LogP contribution in [0.25, 0.3) is 0 Å². The van der Waals surface area contributed by atoms with Gasteiger partial charge in [-0.05, 0) is 0 Å². The van der Waals surface area contributed by atoms with E-state index in [-0.39, 0.29) is 44.1 Å². The minimum Gasteiger partial charge on any atom is -0.412 e. The quantitative estimate of drug-likeness (QED) is 0.397. The minimum atomic E-state index is -1.75. The predicted molar refractivity (Wildman–Crippen MR) is 14.0 cm³/mol. The van der Waals surface area contributed by atoms with Crippen LogP contribution in [0.15, 0.2) is 0 Å². The van der Waals surface area contributed by atoms with Crippen LogP contribution in [-0.2, 0) is 0 Å². The summed E-state index contributed by atoms with van der Waals surface area (Å²) < 4.78 is 0. The summed E-state index contributed by atoms with van der Waals surface area (Å²) in [6, 6.07) is 0. The smallest absolute Gasteiger partial charge is 0.0689 e. The van der Waals surface area contributed by atoms with Crippen molar-refractivity contribution in [3.05, 3.63) is 15.3 Å². The maximum atomic E-state index is 8.25. The molecule has 0 aromatic rings. The van der Waals surface area contributed by atoms with Gasteiger partial charge in [0, 0.05) is 38.6 Å². The average Bonchev–Trinajstić information content (AvgIpc) is 0.811. The molecule has 0 spiro atoms. The van der Waals surface area contributed by atoms with E-state index >= 15 is 0 Å². The van der Waals surface area contributed by atoms with E-state index < -0.39 is 5.09 Å². The molecule has 0 aliphatic rings. The van der Waals surface area contributed by atoms with Crippen molar-refractivity contribution in [3.63, 3.8) is 0 Å². The van der Waals surface area contributed by atoms with E-state index in [9.17, 15) is 0 Å². The summed E-state index contributed by atoms with van der Waals surface area (Å²) in [5.74, 6) is 0. The Labute approximate surface area is 64.2 Å². The molecule has 0 aliphatic heterocycles. The fourth-order valence-corrected chi connectivity index (χ4v) is 0. The summed E-state index contributed by atoms with van der Waals surface area (Å²) in [4.78, 5) is 8.25. The number of hydrogen-bond donors (Lipinski definition) is 0. The third-order valence-corrected chi connectivity index (χ3v) is 0. The minimum absolute atomic E-state index is 0. The van der Waals surface area contributed by atoms with Gasteiger partial charge in [0.2, 0.25) is 0 Å². The molecule has 0 saturated heterocycles. The predicted octanol–water partition coefficient (Wildman–Crippen LogP) is -1.06. The third kappa shape index (κ3) is 266. The topological polar surface area (TPSA) is 97.7 Å². The Morgan fingerprint density at radius 2 is 1.33 bits per heavy atom. The van der Waals surface area contributed by atoms with E-state index in [2.05, 4.69) is 0 Å². The second-order valence-electron chi connectivity index (χ2n) is 0.224. The van der Waals surface area contributed by atoms with Crippen molar-refractivity contribution in [2.24, 2.45) is 0 Å². The van der Waals surface area contributed by atoms with Crippen LogP contribution in [0.1, 0.15) is 0 Å². The standard InChI is InChI=1S/NO3.H2O.Tb/c2-1(3)4;;/h;1H2;/q-1;;. The van der Waals surface area contributed by atoms with Crippen molar-refractivity contribution < 1.29 is 49.2 Å². The summed E-state index contributed by atoms with van der Waals surface area (Å²) in [6.45, 7) is 0. The SMILES string of the molecule is O.O=[N+]([O-])[O-].[Tb]. The summed E-state index contributed by atoms with van der Waals surface area (Å²) >= 11 is 0. The molecule has 0 rings (SSSR count). The van der Waals surface area contributed by atoms with Gasteiger partial charge in [0.1, 0.15) is 0 Å². The van der Waals surface area contributed by atoms with Gasteiger partial charge in [-0.3, -0.25) is 0 Å². The maximum Gasteiger partial charge on any atom is 0.0689 e. The van der Waals surface area contributed by atoms with Gasteiger partial charge in [-0.1, -0.05) is 0 Å². The Balaban J connectivity index is -0.0000000450. The molecule has 0 bridgehead atoms. The van der Waals surface area contributed by atoms with E-state index in [0.717, 1.165) is 0 Å². The fraction of sp³-hybridized carbons (Fsp3) is 0. The van der Waals surface area contributed by atoms with Crippen LogP contribution in [0, 0.1) is 53.9 Å². The molecule has 6 heteroatoms. The normalized spacial score (nSPS) is 4.00. The Hall–Kier alpha value is 0.446. The van der Waals surface area contributed by atoms with Crippen molar-refractivity contribution in [1.29, 1.82) is 0 Å². The maximum absolute atomic E-state index is 8.25. The van der Waals surface area contributed by atoms with Gasteiger partial charge in [0.25, 0.3) is 0 Å². The first-order valence-electron chi connectivity index (χ1n) is 0.548. The molecule has 6 heavy (non-hydrogen) atoms. The Kier molecular flexibility index (Phi) is 24.3. The van der Waals surface area contributed by atoms with Crippen LogP contribution >= 0.6 is 0 Å². The summed E-state index contributed by atoms with van der Waals surface area (Å²) in [6.07, 6.45) is 0. The van der Waals surface area contributed by atoms with Gasteiger partial charge >= 0.3 is 0 Å². The molecular weight excluding hydrogens is 237 g/mol. The molecular formula is H2NO4Tb-. The van der Waals surface area contributed by atoms with Crippen molar-refractivity contribution in [2.45, 2.75) is 0 Å². The van der Waals surface area contributed by atoms with E-state index in [1.54, 1.807) is 0 Å². The zero-order valence-electron chi connectivity index (χ0n) is 2.51.